The summed E-state index contributed by atoms with van der Waals surface area (Å²) in [6.07, 6.45) is 3.56. The summed E-state index contributed by atoms with van der Waals surface area (Å²) in [7, 11) is 0. The van der Waals surface area contributed by atoms with Crippen LogP contribution in [0.15, 0.2) is 95.1 Å². The maximum atomic E-state index is 5.78. The number of pyridine rings is 1. The Hall–Kier alpha value is -3.17. The molecule has 0 aliphatic heterocycles. The van der Waals surface area contributed by atoms with Crippen LogP contribution in [0.1, 0.15) is 0 Å². The van der Waals surface area contributed by atoms with Crippen molar-refractivity contribution in [3.63, 3.8) is 0 Å². The predicted octanol–water partition coefficient (Wildman–Crippen LogP) is 6.89. The van der Waals surface area contributed by atoms with Crippen LogP contribution >= 0.6 is 11.3 Å². The Morgan fingerprint density at radius 2 is 1.65 bits per heavy atom. The molecule has 0 aliphatic rings. The van der Waals surface area contributed by atoms with Gasteiger partial charge >= 0.3 is 0 Å². The van der Waals surface area contributed by atoms with Gasteiger partial charge in [-0.15, -0.1) is 11.3 Å². The number of furan rings is 1. The average molecular weight is 353 g/mol. The average Bonchev–Trinajstić information content (AvgIpc) is 3.41. The van der Waals surface area contributed by atoms with Gasteiger partial charge in [-0.2, -0.15) is 0 Å². The molecule has 0 unspecified atom stereocenters. The molecule has 0 atom stereocenters. The Bertz CT molecular complexity index is 1160. The van der Waals surface area contributed by atoms with Gasteiger partial charge in [0.05, 0.1) is 12.0 Å². The van der Waals surface area contributed by atoms with Gasteiger partial charge in [-0.3, -0.25) is 4.98 Å². The van der Waals surface area contributed by atoms with Crippen molar-refractivity contribution in [2.45, 2.75) is 0 Å². The van der Waals surface area contributed by atoms with Gasteiger partial charge in [0, 0.05) is 27.8 Å². The minimum atomic E-state index is 0.856. The van der Waals surface area contributed by atoms with E-state index in [0.29, 0.717) is 0 Å². The Morgan fingerprint density at radius 3 is 2.38 bits per heavy atom. The van der Waals surface area contributed by atoms with Gasteiger partial charge in [-0.05, 0) is 52.6 Å². The van der Waals surface area contributed by atoms with E-state index < -0.39 is 0 Å². The molecule has 0 amide bonds. The lowest BCUT2D eigenvalue weighted by Crippen LogP contribution is -1.91. The number of thiophene rings is 1. The molecule has 2 aromatic carbocycles. The van der Waals surface area contributed by atoms with Crippen molar-refractivity contribution in [3.8, 4) is 33.0 Å². The fourth-order valence-corrected chi connectivity index (χ4v) is 4.18. The number of benzene rings is 2. The highest BCUT2D eigenvalue weighted by Crippen LogP contribution is 2.43. The Kier molecular flexibility index (Phi) is 3.65. The number of fused-ring (bicyclic) bond motifs is 1. The van der Waals surface area contributed by atoms with Crippen LogP contribution in [0.2, 0.25) is 0 Å². The van der Waals surface area contributed by atoms with Crippen molar-refractivity contribution >= 4 is 22.1 Å². The first-order chi connectivity index (χ1) is 12.9. The summed E-state index contributed by atoms with van der Waals surface area (Å²) < 4.78 is 5.78. The first-order valence-electron chi connectivity index (χ1n) is 8.47. The summed E-state index contributed by atoms with van der Waals surface area (Å²) in [5.74, 6) is 0.856. The zero-order valence-electron chi connectivity index (χ0n) is 13.9. The number of aromatic nitrogens is 1. The standard InChI is InChI=1S/C23H15NOS/c1-2-8-17-16(7-1)18(22-11-6-14-26-22)15-19(21-10-5-13-25-21)23(17)20-9-3-4-12-24-20/h1-15H. The van der Waals surface area contributed by atoms with Crippen LogP contribution in [0.25, 0.3) is 43.8 Å². The van der Waals surface area contributed by atoms with Crippen molar-refractivity contribution in [3.05, 3.63) is 90.6 Å². The van der Waals surface area contributed by atoms with E-state index >= 15 is 0 Å². The van der Waals surface area contributed by atoms with E-state index in [2.05, 4.69) is 58.9 Å². The highest BCUT2D eigenvalue weighted by Gasteiger charge is 2.18. The van der Waals surface area contributed by atoms with Crippen LogP contribution in [-0.4, -0.2) is 4.98 Å². The lowest BCUT2D eigenvalue weighted by Gasteiger charge is -2.15. The van der Waals surface area contributed by atoms with Crippen molar-refractivity contribution < 1.29 is 4.42 Å². The molecular weight excluding hydrogens is 338 g/mol. The van der Waals surface area contributed by atoms with Crippen molar-refractivity contribution in [1.29, 1.82) is 0 Å². The second-order valence-electron chi connectivity index (χ2n) is 6.06. The SMILES string of the molecule is c1ccc(-c2c(-c3ccco3)cc(-c3cccs3)c3ccccc23)nc1. The van der Waals surface area contributed by atoms with Gasteiger partial charge in [-0.1, -0.05) is 36.4 Å². The molecule has 0 saturated heterocycles. The molecule has 0 spiro atoms. The topological polar surface area (TPSA) is 26.0 Å². The van der Waals surface area contributed by atoms with Gasteiger partial charge in [-0.25, -0.2) is 0 Å². The molecule has 26 heavy (non-hydrogen) atoms. The lowest BCUT2D eigenvalue weighted by atomic mass is 9.91. The second-order valence-corrected chi connectivity index (χ2v) is 7.01. The van der Waals surface area contributed by atoms with Gasteiger partial charge in [0.15, 0.2) is 0 Å². The van der Waals surface area contributed by atoms with Crippen LogP contribution < -0.4 is 0 Å². The van der Waals surface area contributed by atoms with Crippen LogP contribution in [0, 0.1) is 0 Å². The van der Waals surface area contributed by atoms with Crippen LogP contribution in [0.4, 0.5) is 0 Å². The van der Waals surface area contributed by atoms with E-state index in [1.807, 2.05) is 30.5 Å². The molecule has 124 valence electrons. The monoisotopic (exact) mass is 353 g/mol. The number of nitrogens with zero attached hydrogens (tertiary/aromatic N) is 1. The zero-order valence-corrected chi connectivity index (χ0v) is 14.7. The van der Waals surface area contributed by atoms with Crippen LogP contribution in [-0.2, 0) is 0 Å². The molecule has 2 nitrogen and oxygen atoms in total. The predicted molar refractivity (Wildman–Crippen MR) is 108 cm³/mol. The maximum Gasteiger partial charge on any atom is 0.134 e. The first-order valence-corrected chi connectivity index (χ1v) is 9.35. The molecule has 0 aliphatic carbocycles. The summed E-state index contributed by atoms with van der Waals surface area (Å²) in [6, 6.07) is 25.0. The third-order valence-electron chi connectivity index (χ3n) is 4.54. The smallest absolute Gasteiger partial charge is 0.134 e. The normalized spacial score (nSPS) is 11.1. The molecule has 0 saturated carbocycles. The molecule has 0 bridgehead atoms. The minimum absolute atomic E-state index is 0.856. The van der Waals surface area contributed by atoms with E-state index in [-0.39, 0.29) is 0 Å². The second kappa shape index (κ2) is 6.28. The summed E-state index contributed by atoms with van der Waals surface area (Å²) in [5, 5.41) is 4.53. The number of hydrogen-bond donors (Lipinski definition) is 0. The summed E-state index contributed by atoms with van der Waals surface area (Å²) in [5.41, 5.74) is 4.35. The summed E-state index contributed by atoms with van der Waals surface area (Å²) in [6.45, 7) is 0. The molecule has 3 heteroatoms. The fraction of sp³-hybridized carbons (Fsp3) is 0. The van der Waals surface area contributed by atoms with Gasteiger partial charge in [0.25, 0.3) is 0 Å². The maximum absolute atomic E-state index is 5.78. The molecule has 0 radical (unpaired) electrons. The fourth-order valence-electron chi connectivity index (χ4n) is 3.42. The van der Waals surface area contributed by atoms with Crippen molar-refractivity contribution in [2.24, 2.45) is 0 Å². The highest BCUT2D eigenvalue weighted by atomic mass is 32.1. The van der Waals surface area contributed by atoms with Gasteiger partial charge in [0.1, 0.15) is 5.76 Å². The Morgan fingerprint density at radius 1 is 0.769 bits per heavy atom. The highest BCUT2D eigenvalue weighted by molar-refractivity contribution is 7.13. The third-order valence-corrected chi connectivity index (χ3v) is 5.44. The van der Waals surface area contributed by atoms with E-state index in [0.717, 1.165) is 22.6 Å². The third kappa shape index (κ3) is 2.45. The molecule has 3 heterocycles. The largest absolute Gasteiger partial charge is 0.464 e. The van der Waals surface area contributed by atoms with Gasteiger partial charge < -0.3 is 4.42 Å². The van der Waals surface area contributed by atoms with Crippen molar-refractivity contribution in [2.75, 3.05) is 0 Å². The molecule has 5 aromatic rings. The van der Waals surface area contributed by atoms with E-state index in [1.165, 1.54) is 21.2 Å². The summed E-state index contributed by atoms with van der Waals surface area (Å²) in [4.78, 5) is 5.87. The minimum Gasteiger partial charge on any atom is -0.464 e. The quantitative estimate of drug-likeness (QED) is 0.353. The number of rotatable bonds is 3. The van der Waals surface area contributed by atoms with E-state index in [4.69, 9.17) is 4.42 Å². The van der Waals surface area contributed by atoms with E-state index in [9.17, 15) is 0 Å². The molecular formula is C23H15NOS. The number of hydrogen-bond acceptors (Lipinski definition) is 3. The van der Waals surface area contributed by atoms with E-state index in [1.54, 1.807) is 17.6 Å². The van der Waals surface area contributed by atoms with Crippen LogP contribution in [0.3, 0.4) is 0 Å². The van der Waals surface area contributed by atoms with Gasteiger partial charge in [0.2, 0.25) is 0 Å². The molecule has 0 N–H and O–H groups in total. The van der Waals surface area contributed by atoms with Crippen LogP contribution in [0.5, 0.6) is 0 Å². The molecule has 3 aromatic heterocycles. The van der Waals surface area contributed by atoms with Crippen molar-refractivity contribution in [1.82, 2.24) is 4.98 Å². The summed E-state index contributed by atoms with van der Waals surface area (Å²) >= 11 is 1.75. The molecule has 0 fully saturated rings. The zero-order chi connectivity index (χ0) is 17.3. The Balaban J connectivity index is 1.94. The molecule has 5 rings (SSSR count). The first kappa shape index (κ1) is 15.1. The lowest BCUT2D eigenvalue weighted by molar-refractivity contribution is 0.582. The Labute approximate surface area is 155 Å².